The SMILES string of the molecule is CN=C(NCCCCn1ccnc1C)NCCc1csc(C)n1. The van der Waals surface area contributed by atoms with Gasteiger partial charge in [-0.3, -0.25) is 4.99 Å². The molecule has 2 N–H and O–H groups in total. The van der Waals surface area contributed by atoms with Crippen LogP contribution in [0.25, 0.3) is 0 Å². The predicted molar refractivity (Wildman–Crippen MR) is 96.1 cm³/mol. The van der Waals surface area contributed by atoms with Crippen LogP contribution in [-0.2, 0) is 13.0 Å². The predicted octanol–water partition coefficient (Wildman–Crippen LogP) is 2.14. The minimum atomic E-state index is 0.844. The summed E-state index contributed by atoms with van der Waals surface area (Å²) >= 11 is 1.70. The molecule has 2 heterocycles. The zero-order valence-corrected chi connectivity index (χ0v) is 15.0. The van der Waals surface area contributed by atoms with Crippen LogP contribution in [0, 0.1) is 13.8 Å². The van der Waals surface area contributed by atoms with Gasteiger partial charge in [0.1, 0.15) is 5.82 Å². The Morgan fingerprint density at radius 2 is 2.09 bits per heavy atom. The highest BCUT2D eigenvalue weighted by Crippen LogP contribution is 2.07. The van der Waals surface area contributed by atoms with Crippen molar-refractivity contribution in [1.29, 1.82) is 0 Å². The van der Waals surface area contributed by atoms with E-state index in [4.69, 9.17) is 0 Å². The van der Waals surface area contributed by atoms with Gasteiger partial charge in [0.2, 0.25) is 0 Å². The Morgan fingerprint density at radius 3 is 2.74 bits per heavy atom. The number of guanidine groups is 1. The second-order valence-electron chi connectivity index (χ2n) is 5.41. The molecule has 0 fully saturated rings. The van der Waals surface area contributed by atoms with E-state index < -0.39 is 0 Å². The molecule has 0 spiro atoms. The fourth-order valence-electron chi connectivity index (χ4n) is 2.31. The lowest BCUT2D eigenvalue weighted by Gasteiger charge is -2.11. The Labute approximate surface area is 142 Å². The second-order valence-corrected chi connectivity index (χ2v) is 6.47. The van der Waals surface area contributed by atoms with Gasteiger partial charge in [-0.05, 0) is 26.7 Å². The zero-order valence-electron chi connectivity index (χ0n) is 14.2. The van der Waals surface area contributed by atoms with Crippen LogP contribution in [0.4, 0.5) is 0 Å². The molecule has 0 saturated carbocycles. The first-order chi connectivity index (χ1) is 11.2. The van der Waals surface area contributed by atoms with Crippen LogP contribution in [0.5, 0.6) is 0 Å². The molecule has 0 aliphatic rings. The number of imidazole rings is 1. The Balaban J connectivity index is 1.57. The molecule has 0 saturated heterocycles. The minimum absolute atomic E-state index is 0.844. The summed E-state index contributed by atoms with van der Waals surface area (Å²) in [6, 6.07) is 0. The number of hydrogen-bond donors (Lipinski definition) is 2. The van der Waals surface area contributed by atoms with E-state index in [1.165, 1.54) is 0 Å². The number of aromatic nitrogens is 3. The molecule has 2 rings (SSSR count). The van der Waals surface area contributed by atoms with Crippen molar-refractivity contribution in [3.8, 4) is 0 Å². The molecule has 0 aliphatic carbocycles. The number of nitrogens with one attached hydrogen (secondary N) is 2. The third-order valence-electron chi connectivity index (χ3n) is 3.61. The number of aliphatic imine (C=N–C) groups is 1. The Morgan fingerprint density at radius 1 is 1.26 bits per heavy atom. The van der Waals surface area contributed by atoms with Crippen LogP contribution >= 0.6 is 11.3 Å². The third kappa shape index (κ3) is 6.02. The summed E-state index contributed by atoms with van der Waals surface area (Å²) in [5.41, 5.74) is 1.14. The van der Waals surface area contributed by atoms with Crippen LogP contribution < -0.4 is 10.6 Å². The summed E-state index contributed by atoms with van der Waals surface area (Å²) in [5.74, 6) is 1.93. The molecule has 7 heteroatoms. The molecule has 0 amide bonds. The molecule has 2 aromatic heterocycles. The molecule has 0 atom stereocenters. The standard InChI is InChI=1S/C16H26N6S/c1-13-18-9-11-22(13)10-5-4-7-19-16(17-3)20-8-6-15-12-23-14(2)21-15/h9,11-12H,4-8,10H2,1-3H3,(H2,17,19,20). The maximum absolute atomic E-state index is 4.46. The summed E-state index contributed by atoms with van der Waals surface area (Å²) in [6.07, 6.45) is 7.03. The van der Waals surface area contributed by atoms with Gasteiger partial charge in [-0.1, -0.05) is 0 Å². The molecule has 0 radical (unpaired) electrons. The van der Waals surface area contributed by atoms with Crippen LogP contribution in [0.2, 0.25) is 0 Å². The van der Waals surface area contributed by atoms with Crippen LogP contribution in [0.15, 0.2) is 22.8 Å². The van der Waals surface area contributed by atoms with Gasteiger partial charge in [0.15, 0.2) is 5.96 Å². The van der Waals surface area contributed by atoms with Gasteiger partial charge in [-0.15, -0.1) is 11.3 Å². The fourth-order valence-corrected chi connectivity index (χ4v) is 2.95. The Kier molecular flexibility index (Phi) is 7.06. The molecule has 0 unspecified atom stereocenters. The summed E-state index contributed by atoms with van der Waals surface area (Å²) < 4.78 is 2.18. The average Bonchev–Trinajstić information content (AvgIpc) is 3.14. The van der Waals surface area contributed by atoms with Crippen molar-refractivity contribution in [3.63, 3.8) is 0 Å². The topological polar surface area (TPSA) is 67.1 Å². The molecule has 0 bridgehead atoms. The molecular weight excluding hydrogens is 308 g/mol. The van der Waals surface area contributed by atoms with Gasteiger partial charge >= 0.3 is 0 Å². The lowest BCUT2D eigenvalue weighted by Crippen LogP contribution is -2.38. The van der Waals surface area contributed by atoms with E-state index in [-0.39, 0.29) is 0 Å². The molecule has 0 aliphatic heterocycles. The molecular formula is C16H26N6S. The number of unbranched alkanes of at least 4 members (excludes halogenated alkanes) is 1. The Bertz CT molecular complexity index is 616. The van der Waals surface area contributed by atoms with Crippen molar-refractivity contribution in [2.75, 3.05) is 20.1 Å². The molecule has 6 nitrogen and oxygen atoms in total. The van der Waals surface area contributed by atoms with Gasteiger partial charge in [0.05, 0.1) is 10.7 Å². The number of rotatable bonds is 8. The first-order valence-corrected chi connectivity index (χ1v) is 8.90. The summed E-state index contributed by atoms with van der Waals surface area (Å²) in [5, 5.41) is 9.92. The highest BCUT2D eigenvalue weighted by atomic mass is 32.1. The highest BCUT2D eigenvalue weighted by molar-refractivity contribution is 7.09. The van der Waals surface area contributed by atoms with Gasteiger partial charge < -0.3 is 15.2 Å². The first kappa shape index (κ1) is 17.5. The maximum Gasteiger partial charge on any atom is 0.190 e. The van der Waals surface area contributed by atoms with E-state index in [0.717, 1.165) is 61.4 Å². The largest absolute Gasteiger partial charge is 0.356 e. The molecule has 0 aromatic carbocycles. The lowest BCUT2D eigenvalue weighted by molar-refractivity contribution is 0.588. The van der Waals surface area contributed by atoms with Crippen molar-refractivity contribution >= 4 is 17.3 Å². The first-order valence-electron chi connectivity index (χ1n) is 8.02. The maximum atomic E-state index is 4.46. The molecule has 2 aromatic rings. The van der Waals surface area contributed by atoms with E-state index in [2.05, 4.69) is 35.5 Å². The van der Waals surface area contributed by atoms with Gasteiger partial charge in [0, 0.05) is 50.9 Å². The van der Waals surface area contributed by atoms with Gasteiger partial charge in [-0.2, -0.15) is 0 Å². The van der Waals surface area contributed by atoms with E-state index in [1.807, 2.05) is 26.2 Å². The van der Waals surface area contributed by atoms with E-state index in [9.17, 15) is 0 Å². The van der Waals surface area contributed by atoms with E-state index >= 15 is 0 Å². The molecule has 126 valence electrons. The third-order valence-corrected chi connectivity index (χ3v) is 4.43. The normalized spacial score (nSPS) is 11.7. The highest BCUT2D eigenvalue weighted by Gasteiger charge is 2.01. The number of aryl methyl sites for hydroxylation is 3. The van der Waals surface area contributed by atoms with E-state index in [1.54, 1.807) is 18.4 Å². The number of thiazole rings is 1. The quantitative estimate of drug-likeness (QED) is 0.441. The minimum Gasteiger partial charge on any atom is -0.356 e. The second kappa shape index (κ2) is 9.29. The van der Waals surface area contributed by atoms with Gasteiger partial charge in [-0.25, -0.2) is 9.97 Å². The smallest absolute Gasteiger partial charge is 0.190 e. The summed E-state index contributed by atoms with van der Waals surface area (Å²) in [7, 11) is 1.80. The number of nitrogens with zero attached hydrogens (tertiary/aromatic N) is 4. The van der Waals surface area contributed by atoms with Crippen LogP contribution in [0.1, 0.15) is 29.4 Å². The lowest BCUT2D eigenvalue weighted by atomic mass is 10.3. The zero-order chi connectivity index (χ0) is 16.5. The Hall–Kier alpha value is -1.89. The number of hydrogen-bond acceptors (Lipinski definition) is 4. The van der Waals surface area contributed by atoms with Crippen LogP contribution in [-0.4, -0.2) is 40.6 Å². The fraction of sp³-hybridized carbons (Fsp3) is 0.562. The van der Waals surface area contributed by atoms with Crippen molar-refractivity contribution in [2.45, 2.75) is 39.7 Å². The van der Waals surface area contributed by atoms with Crippen molar-refractivity contribution in [3.05, 3.63) is 34.3 Å². The summed E-state index contributed by atoms with van der Waals surface area (Å²) in [4.78, 5) is 12.9. The summed E-state index contributed by atoms with van der Waals surface area (Å²) in [6.45, 7) is 6.85. The average molecular weight is 334 g/mol. The monoisotopic (exact) mass is 334 g/mol. The van der Waals surface area contributed by atoms with Gasteiger partial charge in [0.25, 0.3) is 0 Å². The van der Waals surface area contributed by atoms with E-state index in [0.29, 0.717) is 0 Å². The van der Waals surface area contributed by atoms with Crippen molar-refractivity contribution in [1.82, 2.24) is 25.2 Å². The van der Waals surface area contributed by atoms with Crippen LogP contribution in [0.3, 0.4) is 0 Å². The van der Waals surface area contributed by atoms with Crippen molar-refractivity contribution in [2.24, 2.45) is 4.99 Å². The van der Waals surface area contributed by atoms with Crippen molar-refractivity contribution < 1.29 is 0 Å². The molecule has 23 heavy (non-hydrogen) atoms.